The minimum Gasteiger partial charge on any atom is -0.489 e. The Bertz CT molecular complexity index is 534. The molecule has 1 heterocycles. The van der Waals surface area contributed by atoms with E-state index >= 15 is 0 Å². The number of likely N-dealkylation sites (N-methyl/N-ethyl adjacent to an activating group) is 1. The van der Waals surface area contributed by atoms with E-state index in [1.165, 1.54) is 0 Å². The summed E-state index contributed by atoms with van der Waals surface area (Å²) in [6.07, 6.45) is 0.848. The maximum Gasteiger partial charge on any atom is 0.275 e. The van der Waals surface area contributed by atoms with Gasteiger partial charge in [0.2, 0.25) is 0 Å². The lowest BCUT2D eigenvalue weighted by Crippen LogP contribution is -3.09. The summed E-state index contributed by atoms with van der Waals surface area (Å²) >= 11 is 6.28. The zero-order valence-corrected chi connectivity index (χ0v) is 14.1. The molecule has 1 aliphatic heterocycles. The van der Waals surface area contributed by atoms with Crippen LogP contribution in [0.1, 0.15) is 25.8 Å². The first-order chi connectivity index (χ1) is 10.5. The van der Waals surface area contributed by atoms with E-state index in [4.69, 9.17) is 21.1 Å². The topological polar surface area (TPSA) is 52.0 Å². The van der Waals surface area contributed by atoms with Crippen LogP contribution in [-0.4, -0.2) is 38.8 Å². The van der Waals surface area contributed by atoms with Crippen molar-refractivity contribution in [1.82, 2.24) is 5.32 Å². The van der Waals surface area contributed by atoms with Gasteiger partial charge in [0.05, 0.1) is 25.3 Å². The van der Waals surface area contributed by atoms with Crippen LogP contribution in [0.15, 0.2) is 12.1 Å². The molecule has 122 valence electrons. The van der Waals surface area contributed by atoms with Crippen LogP contribution in [-0.2, 0) is 11.3 Å². The minimum absolute atomic E-state index is 0.0490. The largest absolute Gasteiger partial charge is 0.489 e. The summed E-state index contributed by atoms with van der Waals surface area (Å²) in [6.45, 7) is 6.28. The van der Waals surface area contributed by atoms with E-state index < -0.39 is 0 Å². The van der Waals surface area contributed by atoms with Gasteiger partial charge in [-0.3, -0.25) is 4.79 Å². The number of fused-ring (bicyclic) bond motifs is 1. The Kier molecular flexibility index (Phi) is 5.91. The third-order valence-electron chi connectivity index (χ3n) is 3.28. The van der Waals surface area contributed by atoms with Crippen molar-refractivity contribution in [3.8, 4) is 11.5 Å². The third kappa shape index (κ3) is 4.78. The number of ether oxygens (including phenoxy) is 2. The maximum absolute atomic E-state index is 11.8. The Morgan fingerprint density at radius 2 is 2.09 bits per heavy atom. The van der Waals surface area contributed by atoms with Crippen molar-refractivity contribution in [2.75, 3.05) is 26.8 Å². The van der Waals surface area contributed by atoms with Crippen LogP contribution in [0.5, 0.6) is 11.5 Å². The fourth-order valence-electron chi connectivity index (χ4n) is 2.44. The average Bonchev–Trinajstić information content (AvgIpc) is 2.62. The van der Waals surface area contributed by atoms with Gasteiger partial charge in [-0.15, -0.1) is 0 Å². The van der Waals surface area contributed by atoms with E-state index in [1.54, 1.807) is 0 Å². The number of carbonyl (C=O) groups is 1. The predicted octanol–water partition coefficient (Wildman–Crippen LogP) is 1.04. The first-order valence-corrected chi connectivity index (χ1v) is 8.02. The van der Waals surface area contributed by atoms with Gasteiger partial charge in [-0.05, 0) is 26.0 Å². The van der Waals surface area contributed by atoms with Gasteiger partial charge in [-0.25, -0.2) is 0 Å². The van der Waals surface area contributed by atoms with Gasteiger partial charge in [0.1, 0.15) is 6.54 Å². The van der Waals surface area contributed by atoms with Gasteiger partial charge in [-0.1, -0.05) is 11.6 Å². The highest BCUT2D eigenvalue weighted by atomic mass is 35.5. The summed E-state index contributed by atoms with van der Waals surface area (Å²) in [4.78, 5) is 12.9. The van der Waals surface area contributed by atoms with Crippen molar-refractivity contribution >= 4 is 17.5 Å². The molecule has 1 aromatic rings. The van der Waals surface area contributed by atoms with Crippen molar-refractivity contribution in [2.45, 2.75) is 32.9 Å². The summed E-state index contributed by atoms with van der Waals surface area (Å²) in [5.41, 5.74) is 1.03. The smallest absolute Gasteiger partial charge is 0.275 e. The Hall–Kier alpha value is -1.46. The SMILES string of the molecule is CC(C)NC(=O)C[NH+](C)Cc1cc(Cl)c2c(c1)OCCCO2. The second-order valence-corrected chi connectivity index (χ2v) is 6.40. The van der Waals surface area contributed by atoms with Crippen molar-refractivity contribution < 1.29 is 19.2 Å². The number of hydrogen-bond acceptors (Lipinski definition) is 3. The second kappa shape index (κ2) is 7.70. The monoisotopic (exact) mass is 327 g/mol. The molecule has 1 aromatic carbocycles. The lowest BCUT2D eigenvalue weighted by molar-refractivity contribution is -0.885. The standard InChI is InChI=1S/C16H23ClN2O3/c1-11(2)18-15(20)10-19(3)9-12-7-13(17)16-14(8-12)21-5-4-6-22-16/h7-8,11H,4-6,9-10H2,1-3H3,(H,18,20)/p+1. The number of hydrogen-bond donors (Lipinski definition) is 2. The molecule has 1 atom stereocenters. The van der Waals surface area contributed by atoms with Crippen LogP contribution in [0.2, 0.25) is 5.02 Å². The Balaban J connectivity index is 2.02. The number of amides is 1. The summed E-state index contributed by atoms with van der Waals surface area (Å²) in [7, 11) is 1.98. The van der Waals surface area contributed by atoms with Gasteiger partial charge < -0.3 is 19.7 Å². The molecule has 0 spiro atoms. The number of nitrogens with one attached hydrogen (secondary N) is 2. The van der Waals surface area contributed by atoms with Gasteiger partial charge in [0, 0.05) is 18.0 Å². The summed E-state index contributed by atoms with van der Waals surface area (Å²) in [6, 6.07) is 4.00. The molecule has 5 nitrogen and oxygen atoms in total. The Labute approximate surface area is 136 Å². The molecule has 6 heteroatoms. The Morgan fingerprint density at radius 1 is 1.36 bits per heavy atom. The zero-order valence-electron chi connectivity index (χ0n) is 13.4. The average molecular weight is 328 g/mol. The van der Waals surface area contributed by atoms with E-state index in [9.17, 15) is 4.79 Å². The zero-order chi connectivity index (χ0) is 16.1. The van der Waals surface area contributed by atoms with Gasteiger partial charge in [-0.2, -0.15) is 0 Å². The van der Waals surface area contributed by atoms with Gasteiger partial charge in [0.25, 0.3) is 5.91 Å². The highest BCUT2D eigenvalue weighted by Gasteiger charge is 2.18. The summed E-state index contributed by atoms with van der Waals surface area (Å²) in [5, 5.41) is 3.46. The molecule has 0 bridgehead atoms. The van der Waals surface area contributed by atoms with Crippen molar-refractivity contribution in [1.29, 1.82) is 0 Å². The van der Waals surface area contributed by atoms with Crippen LogP contribution in [0.25, 0.3) is 0 Å². The lowest BCUT2D eigenvalue weighted by Gasteiger charge is -2.17. The van der Waals surface area contributed by atoms with Crippen LogP contribution in [0, 0.1) is 0 Å². The molecule has 1 aliphatic rings. The number of carbonyl (C=O) groups excluding carboxylic acids is 1. The van der Waals surface area contributed by atoms with E-state index in [0.717, 1.165) is 16.9 Å². The molecular weight excluding hydrogens is 304 g/mol. The molecule has 0 radical (unpaired) electrons. The van der Waals surface area contributed by atoms with E-state index in [1.807, 2.05) is 33.0 Å². The lowest BCUT2D eigenvalue weighted by atomic mass is 10.2. The van der Waals surface area contributed by atoms with Crippen LogP contribution < -0.4 is 19.7 Å². The minimum atomic E-state index is 0.0490. The highest BCUT2D eigenvalue weighted by Crippen LogP contribution is 2.37. The van der Waals surface area contributed by atoms with E-state index in [-0.39, 0.29) is 11.9 Å². The third-order valence-corrected chi connectivity index (χ3v) is 3.56. The molecule has 2 N–H and O–H groups in total. The quantitative estimate of drug-likeness (QED) is 0.849. The van der Waals surface area contributed by atoms with Crippen molar-refractivity contribution in [3.05, 3.63) is 22.7 Å². The fourth-order valence-corrected chi connectivity index (χ4v) is 2.73. The molecule has 22 heavy (non-hydrogen) atoms. The molecule has 0 fully saturated rings. The second-order valence-electron chi connectivity index (χ2n) is 5.99. The first kappa shape index (κ1) is 16.9. The summed E-state index contributed by atoms with van der Waals surface area (Å²) in [5.74, 6) is 1.37. The molecule has 1 unspecified atom stereocenters. The van der Waals surface area contributed by atoms with E-state index in [2.05, 4.69) is 5.32 Å². The summed E-state index contributed by atoms with van der Waals surface area (Å²) < 4.78 is 11.3. The normalized spacial score (nSPS) is 15.3. The predicted molar refractivity (Wildman–Crippen MR) is 85.8 cm³/mol. The number of rotatable bonds is 5. The number of halogens is 1. The number of quaternary nitrogens is 1. The molecule has 0 saturated heterocycles. The molecule has 0 aliphatic carbocycles. The van der Waals surface area contributed by atoms with Crippen LogP contribution >= 0.6 is 11.6 Å². The van der Waals surface area contributed by atoms with Gasteiger partial charge in [0.15, 0.2) is 18.0 Å². The van der Waals surface area contributed by atoms with Crippen molar-refractivity contribution in [3.63, 3.8) is 0 Å². The molecule has 0 saturated carbocycles. The van der Waals surface area contributed by atoms with Crippen LogP contribution in [0.4, 0.5) is 0 Å². The van der Waals surface area contributed by atoms with Gasteiger partial charge >= 0.3 is 0 Å². The van der Waals surface area contributed by atoms with Crippen molar-refractivity contribution in [2.24, 2.45) is 0 Å². The Morgan fingerprint density at radius 3 is 2.82 bits per heavy atom. The molecule has 2 rings (SSSR count). The maximum atomic E-state index is 11.8. The fraction of sp³-hybridized carbons (Fsp3) is 0.562. The molecule has 0 aromatic heterocycles. The highest BCUT2D eigenvalue weighted by molar-refractivity contribution is 6.32. The number of benzene rings is 1. The first-order valence-electron chi connectivity index (χ1n) is 7.64. The van der Waals surface area contributed by atoms with Crippen LogP contribution in [0.3, 0.4) is 0 Å². The molecule has 1 amide bonds. The van der Waals surface area contributed by atoms with E-state index in [0.29, 0.717) is 42.8 Å². The molecular formula is C16H24ClN2O3+.